The second-order valence-corrected chi connectivity index (χ2v) is 5.48. The molecule has 0 bridgehead atoms. The van der Waals surface area contributed by atoms with Gasteiger partial charge in [-0.05, 0) is 25.1 Å². The van der Waals surface area contributed by atoms with Crippen LogP contribution in [0.4, 0.5) is 5.69 Å². The molecule has 2 amide bonds. The van der Waals surface area contributed by atoms with Gasteiger partial charge in [-0.1, -0.05) is 12.1 Å². The molecule has 1 aliphatic rings. The number of anilines is 1. The van der Waals surface area contributed by atoms with Crippen LogP contribution in [0.15, 0.2) is 41.0 Å². The Labute approximate surface area is 134 Å². The summed E-state index contributed by atoms with van der Waals surface area (Å²) in [6.45, 7) is 2.21. The molecule has 1 fully saturated rings. The monoisotopic (exact) mass is 314 g/mol. The number of hydrogen-bond donors (Lipinski definition) is 1. The SMILES string of the molecule is COc1ccccc1N1CC(NC(=O)c2occc2C)CC1=O. The zero-order chi connectivity index (χ0) is 16.4. The van der Waals surface area contributed by atoms with Crippen molar-refractivity contribution in [3.05, 3.63) is 47.9 Å². The molecule has 2 heterocycles. The molecule has 1 atom stereocenters. The van der Waals surface area contributed by atoms with Gasteiger partial charge in [-0.3, -0.25) is 9.59 Å². The Morgan fingerprint density at radius 1 is 1.35 bits per heavy atom. The standard InChI is InChI=1S/C17H18N2O4/c1-11-7-8-23-16(11)17(21)18-12-9-15(20)19(10-12)13-5-3-4-6-14(13)22-2/h3-8,12H,9-10H2,1-2H3,(H,18,21). The van der Waals surface area contributed by atoms with Crippen LogP contribution < -0.4 is 15.0 Å². The van der Waals surface area contributed by atoms with Gasteiger partial charge < -0.3 is 19.4 Å². The number of furan rings is 1. The number of rotatable bonds is 4. The van der Waals surface area contributed by atoms with Gasteiger partial charge in [0.25, 0.3) is 5.91 Å². The summed E-state index contributed by atoms with van der Waals surface area (Å²) in [6.07, 6.45) is 1.73. The molecule has 2 aromatic rings. The summed E-state index contributed by atoms with van der Waals surface area (Å²) >= 11 is 0. The summed E-state index contributed by atoms with van der Waals surface area (Å²) in [7, 11) is 1.57. The van der Waals surface area contributed by atoms with Crippen LogP contribution in [0.25, 0.3) is 0 Å². The molecule has 0 saturated carbocycles. The number of nitrogens with zero attached hydrogens (tertiary/aromatic N) is 1. The fourth-order valence-electron chi connectivity index (χ4n) is 2.75. The Morgan fingerprint density at radius 3 is 2.83 bits per heavy atom. The number of aryl methyl sites for hydroxylation is 1. The van der Waals surface area contributed by atoms with Crippen LogP contribution >= 0.6 is 0 Å². The lowest BCUT2D eigenvalue weighted by Crippen LogP contribution is -2.37. The first-order valence-corrected chi connectivity index (χ1v) is 7.38. The van der Waals surface area contributed by atoms with E-state index in [-0.39, 0.29) is 30.0 Å². The van der Waals surface area contributed by atoms with Crippen molar-refractivity contribution >= 4 is 17.5 Å². The van der Waals surface area contributed by atoms with Gasteiger partial charge in [0, 0.05) is 18.5 Å². The second-order valence-electron chi connectivity index (χ2n) is 5.48. The van der Waals surface area contributed by atoms with E-state index < -0.39 is 0 Å². The number of para-hydroxylation sites is 2. The van der Waals surface area contributed by atoms with Crippen molar-refractivity contribution in [1.29, 1.82) is 0 Å². The maximum Gasteiger partial charge on any atom is 0.287 e. The summed E-state index contributed by atoms with van der Waals surface area (Å²) < 4.78 is 10.5. The number of amides is 2. The van der Waals surface area contributed by atoms with Crippen molar-refractivity contribution in [3.63, 3.8) is 0 Å². The van der Waals surface area contributed by atoms with Crippen molar-refractivity contribution in [2.45, 2.75) is 19.4 Å². The molecule has 1 N–H and O–H groups in total. The van der Waals surface area contributed by atoms with Crippen LogP contribution in [0.1, 0.15) is 22.5 Å². The Morgan fingerprint density at radius 2 is 2.13 bits per heavy atom. The lowest BCUT2D eigenvalue weighted by Gasteiger charge is -2.19. The quantitative estimate of drug-likeness (QED) is 0.938. The number of methoxy groups -OCH3 is 1. The number of benzene rings is 1. The fraction of sp³-hybridized carbons (Fsp3) is 0.294. The fourth-order valence-corrected chi connectivity index (χ4v) is 2.75. The van der Waals surface area contributed by atoms with Crippen molar-refractivity contribution in [1.82, 2.24) is 5.32 Å². The van der Waals surface area contributed by atoms with E-state index >= 15 is 0 Å². The molecule has 3 rings (SSSR count). The van der Waals surface area contributed by atoms with Gasteiger partial charge in [0.15, 0.2) is 5.76 Å². The second kappa shape index (κ2) is 6.16. The zero-order valence-electron chi connectivity index (χ0n) is 13.0. The third-order valence-corrected chi connectivity index (χ3v) is 3.90. The smallest absolute Gasteiger partial charge is 0.287 e. The van der Waals surface area contributed by atoms with Gasteiger partial charge in [0.05, 0.1) is 25.1 Å². The van der Waals surface area contributed by atoms with Gasteiger partial charge in [-0.2, -0.15) is 0 Å². The van der Waals surface area contributed by atoms with E-state index in [1.807, 2.05) is 18.2 Å². The molecule has 0 radical (unpaired) electrons. The summed E-state index contributed by atoms with van der Waals surface area (Å²) in [5.41, 5.74) is 1.49. The van der Waals surface area contributed by atoms with Gasteiger partial charge >= 0.3 is 0 Å². The molecule has 120 valence electrons. The molecule has 1 unspecified atom stereocenters. The van der Waals surface area contributed by atoms with Crippen molar-refractivity contribution in [2.24, 2.45) is 0 Å². The first-order chi connectivity index (χ1) is 11.1. The van der Waals surface area contributed by atoms with Gasteiger partial charge in [0.1, 0.15) is 5.75 Å². The van der Waals surface area contributed by atoms with E-state index in [4.69, 9.17) is 9.15 Å². The Hall–Kier alpha value is -2.76. The van der Waals surface area contributed by atoms with Crippen molar-refractivity contribution < 1.29 is 18.7 Å². The lowest BCUT2D eigenvalue weighted by atomic mass is 10.2. The van der Waals surface area contributed by atoms with E-state index in [1.165, 1.54) is 6.26 Å². The van der Waals surface area contributed by atoms with Gasteiger partial charge in [0.2, 0.25) is 5.91 Å². The van der Waals surface area contributed by atoms with Crippen LogP contribution in [-0.2, 0) is 4.79 Å². The molecule has 1 saturated heterocycles. The van der Waals surface area contributed by atoms with Crippen molar-refractivity contribution in [3.8, 4) is 5.75 Å². The van der Waals surface area contributed by atoms with Crippen molar-refractivity contribution in [2.75, 3.05) is 18.6 Å². The van der Waals surface area contributed by atoms with Gasteiger partial charge in [-0.25, -0.2) is 0 Å². The molecule has 23 heavy (non-hydrogen) atoms. The maximum atomic E-state index is 12.3. The average Bonchev–Trinajstić information content (AvgIpc) is 3.13. The number of ether oxygens (including phenoxy) is 1. The van der Waals surface area contributed by atoms with Gasteiger partial charge in [-0.15, -0.1) is 0 Å². The summed E-state index contributed by atoms with van der Waals surface area (Å²) in [4.78, 5) is 26.1. The number of nitrogens with one attached hydrogen (secondary N) is 1. The minimum absolute atomic E-state index is 0.0454. The third-order valence-electron chi connectivity index (χ3n) is 3.90. The Bertz CT molecular complexity index is 738. The summed E-state index contributed by atoms with van der Waals surface area (Å²) in [5, 5.41) is 2.85. The van der Waals surface area contributed by atoms with Crippen LogP contribution in [0.2, 0.25) is 0 Å². The Balaban J connectivity index is 1.73. The third kappa shape index (κ3) is 2.92. The highest BCUT2D eigenvalue weighted by Crippen LogP contribution is 2.31. The molecule has 1 aromatic heterocycles. The molecule has 0 spiro atoms. The highest BCUT2D eigenvalue weighted by atomic mass is 16.5. The van der Waals surface area contributed by atoms with Crippen LogP contribution in [0.5, 0.6) is 5.75 Å². The highest BCUT2D eigenvalue weighted by molar-refractivity contribution is 5.99. The predicted octanol–water partition coefficient (Wildman–Crippen LogP) is 2.13. The maximum absolute atomic E-state index is 12.3. The van der Waals surface area contributed by atoms with E-state index in [1.54, 1.807) is 31.1 Å². The summed E-state index contributed by atoms with van der Waals surface area (Å²) in [6, 6.07) is 8.81. The van der Waals surface area contributed by atoms with E-state index in [9.17, 15) is 9.59 Å². The number of hydrogen-bond acceptors (Lipinski definition) is 4. The van der Waals surface area contributed by atoms with E-state index in [0.29, 0.717) is 18.0 Å². The molecule has 0 aliphatic carbocycles. The molecule has 6 heteroatoms. The van der Waals surface area contributed by atoms with Crippen LogP contribution in [0, 0.1) is 6.92 Å². The normalized spacial score (nSPS) is 17.4. The summed E-state index contributed by atoms with van der Waals surface area (Å²) in [5.74, 6) is 0.575. The highest BCUT2D eigenvalue weighted by Gasteiger charge is 2.33. The van der Waals surface area contributed by atoms with E-state index in [0.717, 1.165) is 5.56 Å². The minimum Gasteiger partial charge on any atom is -0.495 e. The van der Waals surface area contributed by atoms with Crippen LogP contribution in [-0.4, -0.2) is 31.5 Å². The number of carbonyl (C=O) groups excluding carboxylic acids is 2. The minimum atomic E-state index is -0.299. The topological polar surface area (TPSA) is 71.8 Å². The van der Waals surface area contributed by atoms with Crippen LogP contribution in [0.3, 0.4) is 0 Å². The Kier molecular flexibility index (Phi) is 4.06. The first kappa shape index (κ1) is 15.1. The molecule has 1 aliphatic heterocycles. The van der Waals surface area contributed by atoms with E-state index in [2.05, 4.69) is 5.32 Å². The largest absolute Gasteiger partial charge is 0.495 e. The average molecular weight is 314 g/mol. The zero-order valence-corrected chi connectivity index (χ0v) is 13.0. The molecular formula is C17H18N2O4. The molecule has 1 aromatic carbocycles. The molecular weight excluding hydrogens is 296 g/mol. The molecule has 6 nitrogen and oxygen atoms in total. The predicted molar refractivity (Wildman–Crippen MR) is 84.7 cm³/mol. The lowest BCUT2D eigenvalue weighted by molar-refractivity contribution is -0.117. The number of carbonyl (C=O) groups is 2. The first-order valence-electron chi connectivity index (χ1n) is 7.38.